The quantitative estimate of drug-likeness (QED) is 0.500. The van der Waals surface area contributed by atoms with Gasteiger partial charge in [0.2, 0.25) is 0 Å². The molecule has 0 spiro atoms. The maximum Gasteiger partial charge on any atom is 0.165 e. The average Bonchev–Trinajstić information content (AvgIpc) is 3.13. The summed E-state index contributed by atoms with van der Waals surface area (Å²) in [7, 11) is 1.67. The molecular formula is C22H21FN4O. The lowest BCUT2D eigenvalue weighted by atomic mass is 10.1. The fraction of sp³-hybridized carbons (Fsp3) is 0.182. The third-order valence-electron chi connectivity index (χ3n) is 4.61. The Balaban J connectivity index is 1.90. The number of hydrogen-bond acceptors (Lipinski definition) is 4. The van der Waals surface area contributed by atoms with Gasteiger partial charge in [-0.25, -0.2) is 14.4 Å². The van der Waals surface area contributed by atoms with Crippen molar-refractivity contribution < 1.29 is 9.13 Å². The molecule has 2 aromatic heterocycles. The highest BCUT2D eigenvalue weighted by molar-refractivity contribution is 5.89. The van der Waals surface area contributed by atoms with Gasteiger partial charge in [0, 0.05) is 36.6 Å². The van der Waals surface area contributed by atoms with Crippen molar-refractivity contribution in [3.05, 3.63) is 72.3 Å². The summed E-state index contributed by atoms with van der Waals surface area (Å²) in [5.74, 6) is 0.753. The summed E-state index contributed by atoms with van der Waals surface area (Å²) in [5, 5.41) is 4.21. The van der Waals surface area contributed by atoms with Crippen molar-refractivity contribution >= 4 is 16.6 Å². The van der Waals surface area contributed by atoms with E-state index in [2.05, 4.69) is 10.3 Å². The van der Waals surface area contributed by atoms with Crippen molar-refractivity contribution in [1.29, 1.82) is 0 Å². The van der Waals surface area contributed by atoms with Crippen LogP contribution in [0.1, 0.15) is 5.69 Å². The molecule has 2 heterocycles. The highest BCUT2D eigenvalue weighted by atomic mass is 19.1. The number of nitrogens with one attached hydrogen (secondary N) is 1. The van der Waals surface area contributed by atoms with Crippen LogP contribution in [0.2, 0.25) is 0 Å². The lowest BCUT2D eigenvalue weighted by Gasteiger charge is -2.13. The highest BCUT2D eigenvalue weighted by Crippen LogP contribution is 2.28. The summed E-state index contributed by atoms with van der Waals surface area (Å²) >= 11 is 0. The van der Waals surface area contributed by atoms with Crippen LogP contribution in [-0.4, -0.2) is 34.8 Å². The number of anilines is 1. The molecule has 142 valence electrons. The Morgan fingerprint density at radius 1 is 1.07 bits per heavy atom. The lowest BCUT2D eigenvalue weighted by Crippen LogP contribution is -2.08. The second-order valence-corrected chi connectivity index (χ2v) is 6.52. The normalized spacial score (nSPS) is 11.1. The zero-order valence-corrected chi connectivity index (χ0v) is 15.8. The zero-order valence-electron chi connectivity index (χ0n) is 15.8. The maximum absolute atomic E-state index is 14.4. The van der Waals surface area contributed by atoms with Gasteiger partial charge in [-0.05, 0) is 49.4 Å². The predicted octanol–water partition coefficient (Wildman–Crippen LogP) is 4.59. The molecular weight excluding hydrogens is 355 g/mol. The molecule has 2 aromatic carbocycles. The van der Waals surface area contributed by atoms with Gasteiger partial charge in [-0.3, -0.25) is 0 Å². The molecule has 4 aromatic rings. The minimum atomic E-state index is -0.341. The van der Waals surface area contributed by atoms with Gasteiger partial charge in [0.25, 0.3) is 0 Å². The van der Waals surface area contributed by atoms with Gasteiger partial charge in [0.15, 0.2) is 5.82 Å². The van der Waals surface area contributed by atoms with Crippen LogP contribution in [0.25, 0.3) is 28.1 Å². The zero-order chi connectivity index (χ0) is 19.5. The number of ether oxygens (including phenoxy) is 1. The van der Waals surface area contributed by atoms with E-state index < -0.39 is 0 Å². The first-order chi connectivity index (χ1) is 13.7. The van der Waals surface area contributed by atoms with Gasteiger partial charge in [-0.2, -0.15) is 0 Å². The van der Waals surface area contributed by atoms with Crippen LogP contribution in [0.4, 0.5) is 10.1 Å². The number of aryl methyl sites for hydroxylation is 1. The number of rotatable bonds is 6. The lowest BCUT2D eigenvalue weighted by molar-refractivity contribution is 0.211. The van der Waals surface area contributed by atoms with Gasteiger partial charge < -0.3 is 14.6 Å². The topological polar surface area (TPSA) is 52.0 Å². The number of methoxy groups -OCH3 is 1. The summed E-state index contributed by atoms with van der Waals surface area (Å²) < 4.78 is 21.5. The molecule has 0 saturated carbocycles. The number of fused-ring (bicyclic) bond motifs is 1. The minimum absolute atomic E-state index is 0.341. The highest BCUT2D eigenvalue weighted by Gasteiger charge is 2.14. The minimum Gasteiger partial charge on any atom is -0.383 e. The summed E-state index contributed by atoms with van der Waals surface area (Å²) in [4.78, 5) is 9.37. The molecule has 0 unspecified atom stereocenters. The molecule has 5 nitrogen and oxygen atoms in total. The van der Waals surface area contributed by atoms with Crippen LogP contribution in [0.15, 0.2) is 60.8 Å². The first kappa shape index (κ1) is 18.1. The Morgan fingerprint density at radius 3 is 2.68 bits per heavy atom. The van der Waals surface area contributed by atoms with E-state index in [9.17, 15) is 4.39 Å². The Hall–Kier alpha value is -3.25. The van der Waals surface area contributed by atoms with Crippen LogP contribution in [0, 0.1) is 12.7 Å². The second-order valence-electron chi connectivity index (χ2n) is 6.52. The van der Waals surface area contributed by atoms with E-state index in [4.69, 9.17) is 9.72 Å². The van der Waals surface area contributed by atoms with Gasteiger partial charge in [0.05, 0.1) is 17.7 Å². The molecule has 0 fully saturated rings. The molecule has 4 rings (SSSR count). The molecule has 1 N–H and O–H groups in total. The average molecular weight is 376 g/mol. The van der Waals surface area contributed by atoms with Gasteiger partial charge in [-0.1, -0.05) is 12.1 Å². The fourth-order valence-electron chi connectivity index (χ4n) is 3.17. The smallest absolute Gasteiger partial charge is 0.165 e. The van der Waals surface area contributed by atoms with Crippen molar-refractivity contribution in [2.45, 2.75) is 6.92 Å². The predicted molar refractivity (Wildman–Crippen MR) is 109 cm³/mol. The number of benzene rings is 2. The van der Waals surface area contributed by atoms with E-state index in [0.717, 1.165) is 28.1 Å². The van der Waals surface area contributed by atoms with Gasteiger partial charge in [-0.15, -0.1) is 0 Å². The number of nitrogens with zero attached hydrogens (tertiary/aromatic N) is 3. The van der Waals surface area contributed by atoms with E-state index in [1.54, 1.807) is 25.3 Å². The third kappa shape index (κ3) is 3.46. The number of hydrogen-bond donors (Lipinski definition) is 1. The maximum atomic E-state index is 14.4. The molecule has 0 radical (unpaired) electrons. The first-order valence-corrected chi connectivity index (χ1v) is 9.11. The van der Waals surface area contributed by atoms with Gasteiger partial charge in [0.1, 0.15) is 11.6 Å². The van der Waals surface area contributed by atoms with E-state index in [-0.39, 0.29) is 5.82 Å². The summed E-state index contributed by atoms with van der Waals surface area (Å²) in [5.41, 5.74) is 3.10. The van der Waals surface area contributed by atoms with E-state index in [1.807, 2.05) is 48.0 Å². The third-order valence-corrected chi connectivity index (χ3v) is 4.61. The van der Waals surface area contributed by atoms with Crippen LogP contribution < -0.4 is 5.32 Å². The molecule has 0 amide bonds. The van der Waals surface area contributed by atoms with Gasteiger partial charge >= 0.3 is 0 Å². The monoisotopic (exact) mass is 376 g/mol. The van der Waals surface area contributed by atoms with Crippen LogP contribution >= 0.6 is 0 Å². The summed E-state index contributed by atoms with van der Waals surface area (Å²) in [6, 6.07) is 16.5. The van der Waals surface area contributed by atoms with Crippen molar-refractivity contribution in [3.63, 3.8) is 0 Å². The van der Waals surface area contributed by atoms with Crippen LogP contribution in [0.3, 0.4) is 0 Å². The Bertz CT molecular complexity index is 1120. The van der Waals surface area contributed by atoms with Crippen molar-refractivity contribution in [2.75, 3.05) is 25.6 Å². The van der Waals surface area contributed by atoms with Crippen LogP contribution in [0.5, 0.6) is 0 Å². The van der Waals surface area contributed by atoms with Crippen molar-refractivity contribution in [2.24, 2.45) is 0 Å². The van der Waals surface area contributed by atoms with E-state index in [1.165, 1.54) is 6.07 Å². The van der Waals surface area contributed by atoms with E-state index in [0.29, 0.717) is 24.5 Å². The molecule has 0 bridgehead atoms. The van der Waals surface area contributed by atoms with Crippen molar-refractivity contribution in [3.8, 4) is 17.2 Å². The summed E-state index contributed by atoms with van der Waals surface area (Å²) in [6.45, 7) is 3.31. The Kier molecular flexibility index (Phi) is 5.04. The molecule has 0 atom stereocenters. The molecule has 0 saturated heterocycles. The van der Waals surface area contributed by atoms with E-state index >= 15 is 0 Å². The molecule has 0 aliphatic heterocycles. The molecule has 6 heteroatoms. The fourth-order valence-corrected chi connectivity index (χ4v) is 3.17. The Morgan fingerprint density at radius 2 is 1.93 bits per heavy atom. The number of halogens is 1. The van der Waals surface area contributed by atoms with Crippen LogP contribution in [-0.2, 0) is 4.74 Å². The standard InChI is InChI=1S/C22H21FN4O/c1-15-6-5-12-27(15)22-18-10-9-16(24-11-13-28-2)14-20(18)25-21(26-22)17-7-3-4-8-19(17)23/h3-10,12,14,24H,11,13H2,1-2H3. The number of aromatic nitrogens is 3. The second kappa shape index (κ2) is 7.78. The Labute approximate surface area is 162 Å². The largest absolute Gasteiger partial charge is 0.383 e. The van der Waals surface area contributed by atoms with Crippen molar-refractivity contribution in [1.82, 2.24) is 14.5 Å². The molecule has 28 heavy (non-hydrogen) atoms. The summed E-state index contributed by atoms with van der Waals surface area (Å²) in [6.07, 6.45) is 1.95. The molecule has 0 aliphatic carbocycles. The first-order valence-electron chi connectivity index (χ1n) is 9.11. The SMILES string of the molecule is COCCNc1ccc2c(-n3cccc3C)nc(-c3ccccc3F)nc2c1. The molecule has 0 aliphatic rings.